The normalized spacial score (nSPS) is 14.4. The topological polar surface area (TPSA) is 61.0 Å². The van der Waals surface area contributed by atoms with Crippen LogP contribution in [0.25, 0.3) is 11.0 Å². The van der Waals surface area contributed by atoms with Gasteiger partial charge in [0.05, 0.1) is 11.0 Å². The van der Waals surface area contributed by atoms with Gasteiger partial charge in [0.15, 0.2) is 0 Å². The number of hydrogen-bond donors (Lipinski definition) is 2. The number of rotatable bonds is 5. The Labute approximate surface area is 172 Å². The average Bonchev–Trinajstić information content (AvgIpc) is 3.34. The second-order valence-corrected chi connectivity index (χ2v) is 8.26. The first-order valence-electron chi connectivity index (χ1n) is 10.6. The Morgan fingerprint density at radius 2 is 1.83 bits per heavy atom. The van der Waals surface area contributed by atoms with E-state index in [9.17, 15) is 4.79 Å². The van der Waals surface area contributed by atoms with E-state index >= 15 is 0 Å². The molecule has 0 radical (unpaired) electrons. The molecular weight excluding hydrogens is 360 g/mol. The Hall–Kier alpha value is -2.82. The van der Waals surface area contributed by atoms with E-state index in [-0.39, 0.29) is 6.03 Å². The number of urea groups is 1. The Kier molecular flexibility index (Phi) is 5.56. The molecule has 0 aliphatic heterocycles. The molecule has 0 spiro atoms. The molecule has 1 aromatic heterocycles. The monoisotopic (exact) mass is 390 g/mol. The first-order valence-corrected chi connectivity index (χ1v) is 10.6. The number of imidazole rings is 1. The quantitative estimate of drug-likeness (QED) is 0.604. The predicted octanol–water partition coefficient (Wildman–Crippen LogP) is 5.51. The number of hydrogen-bond acceptors (Lipinski definition) is 2. The van der Waals surface area contributed by atoms with Crippen LogP contribution in [0.3, 0.4) is 0 Å². The molecule has 5 nitrogen and oxygen atoms in total. The fourth-order valence-corrected chi connectivity index (χ4v) is 4.23. The van der Waals surface area contributed by atoms with Gasteiger partial charge in [0.25, 0.3) is 0 Å². The molecule has 1 aliphatic carbocycles. The summed E-state index contributed by atoms with van der Waals surface area (Å²) in [6.07, 6.45) is 5.29. The van der Waals surface area contributed by atoms with Gasteiger partial charge in [-0.1, -0.05) is 31.0 Å². The van der Waals surface area contributed by atoms with Gasteiger partial charge in [0.1, 0.15) is 5.82 Å². The van der Waals surface area contributed by atoms with Gasteiger partial charge in [-0.3, -0.25) is 0 Å². The third-order valence-electron chi connectivity index (χ3n) is 6.15. The number of carbonyl (C=O) groups excluding carboxylic acids is 1. The summed E-state index contributed by atoms with van der Waals surface area (Å²) >= 11 is 0. The van der Waals surface area contributed by atoms with E-state index in [1.807, 2.05) is 36.1 Å². The lowest BCUT2D eigenvalue weighted by Crippen LogP contribution is -2.43. The number of aromatic nitrogens is 2. The number of aryl methyl sites for hydroxylation is 3. The highest BCUT2D eigenvalue weighted by Gasteiger charge is 2.27. The maximum Gasteiger partial charge on any atom is 0.322 e. The molecule has 0 bridgehead atoms. The first kappa shape index (κ1) is 19.5. The molecule has 0 atom stereocenters. The molecule has 1 fully saturated rings. The van der Waals surface area contributed by atoms with E-state index in [0.29, 0.717) is 12.6 Å². The summed E-state index contributed by atoms with van der Waals surface area (Å²) in [7, 11) is 0. The highest BCUT2D eigenvalue weighted by atomic mass is 16.2. The van der Waals surface area contributed by atoms with Crippen LogP contribution in [0.1, 0.15) is 48.2 Å². The van der Waals surface area contributed by atoms with Crippen LogP contribution in [0.15, 0.2) is 36.4 Å². The number of carbonyl (C=O) groups is 1. The fourth-order valence-electron chi connectivity index (χ4n) is 4.23. The molecule has 4 rings (SSSR count). The summed E-state index contributed by atoms with van der Waals surface area (Å²) in [5.74, 6) is 0.941. The SMILES string of the molecule is Cc1cc2nc(CCN(C(=O)Nc3ccccc3C)C3CCCC3)[nH]c2cc1C. The van der Waals surface area contributed by atoms with Crippen LogP contribution in [0.5, 0.6) is 0 Å². The van der Waals surface area contributed by atoms with Crippen molar-refractivity contribution >= 4 is 22.8 Å². The third-order valence-corrected chi connectivity index (χ3v) is 6.15. The van der Waals surface area contributed by atoms with E-state index in [1.54, 1.807) is 0 Å². The zero-order chi connectivity index (χ0) is 20.4. The lowest BCUT2D eigenvalue weighted by molar-refractivity contribution is 0.189. The summed E-state index contributed by atoms with van der Waals surface area (Å²) in [5, 5.41) is 3.12. The molecule has 1 heterocycles. The van der Waals surface area contributed by atoms with E-state index in [4.69, 9.17) is 4.98 Å². The van der Waals surface area contributed by atoms with E-state index in [0.717, 1.165) is 47.4 Å². The van der Waals surface area contributed by atoms with Crippen LogP contribution in [0, 0.1) is 20.8 Å². The zero-order valence-corrected chi connectivity index (χ0v) is 17.6. The van der Waals surface area contributed by atoms with Gasteiger partial charge in [-0.05, 0) is 68.5 Å². The smallest absolute Gasteiger partial charge is 0.322 e. The summed E-state index contributed by atoms with van der Waals surface area (Å²) in [6.45, 7) is 6.92. The second-order valence-electron chi connectivity index (χ2n) is 8.26. The van der Waals surface area contributed by atoms with Crippen LogP contribution >= 0.6 is 0 Å². The molecule has 1 saturated carbocycles. The number of nitrogens with zero attached hydrogens (tertiary/aromatic N) is 2. The fraction of sp³-hybridized carbons (Fsp3) is 0.417. The second kappa shape index (κ2) is 8.27. The molecule has 5 heteroatoms. The first-order chi connectivity index (χ1) is 14.0. The lowest BCUT2D eigenvalue weighted by Gasteiger charge is -2.29. The summed E-state index contributed by atoms with van der Waals surface area (Å²) in [4.78, 5) is 23.3. The van der Waals surface area contributed by atoms with Crippen molar-refractivity contribution in [2.45, 2.75) is 58.9 Å². The minimum Gasteiger partial charge on any atom is -0.342 e. The van der Waals surface area contributed by atoms with Crippen LogP contribution in [0.2, 0.25) is 0 Å². The Morgan fingerprint density at radius 3 is 2.59 bits per heavy atom. The number of benzene rings is 2. The minimum atomic E-state index is -0.00556. The lowest BCUT2D eigenvalue weighted by atomic mass is 10.1. The van der Waals surface area contributed by atoms with Crippen LogP contribution in [-0.4, -0.2) is 33.5 Å². The average molecular weight is 391 g/mol. The number of fused-ring (bicyclic) bond motifs is 1. The zero-order valence-electron chi connectivity index (χ0n) is 17.6. The third kappa shape index (κ3) is 4.29. The van der Waals surface area contributed by atoms with E-state index < -0.39 is 0 Å². The van der Waals surface area contributed by atoms with Gasteiger partial charge >= 0.3 is 6.03 Å². The molecule has 1 aliphatic rings. The number of nitrogens with one attached hydrogen (secondary N) is 2. The Morgan fingerprint density at radius 1 is 1.10 bits per heavy atom. The van der Waals surface area contributed by atoms with Crippen LogP contribution < -0.4 is 5.32 Å². The van der Waals surface area contributed by atoms with Crippen molar-refractivity contribution < 1.29 is 4.79 Å². The molecular formula is C24H30N4O. The van der Waals surface area contributed by atoms with Crippen molar-refractivity contribution in [1.82, 2.24) is 14.9 Å². The maximum atomic E-state index is 13.1. The number of aromatic amines is 1. The predicted molar refractivity (Wildman–Crippen MR) is 118 cm³/mol. The van der Waals surface area contributed by atoms with Crippen molar-refractivity contribution in [3.05, 3.63) is 58.9 Å². The van der Waals surface area contributed by atoms with Crippen LogP contribution in [-0.2, 0) is 6.42 Å². The molecule has 29 heavy (non-hydrogen) atoms. The van der Waals surface area contributed by atoms with Gasteiger partial charge in [0.2, 0.25) is 0 Å². The number of para-hydroxylation sites is 1. The largest absolute Gasteiger partial charge is 0.342 e. The molecule has 2 N–H and O–H groups in total. The van der Waals surface area contributed by atoms with Gasteiger partial charge < -0.3 is 15.2 Å². The van der Waals surface area contributed by atoms with Crippen molar-refractivity contribution in [1.29, 1.82) is 0 Å². The van der Waals surface area contributed by atoms with Crippen molar-refractivity contribution in [3.8, 4) is 0 Å². The standard InChI is InChI=1S/C24H30N4O/c1-16-8-4-7-11-20(16)27-24(29)28(19-9-5-6-10-19)13-12-23-25-21-14-17(2)18(3)15-22(21)26-23/h4,7-8,11,14-15,19H,5-6,9-10,12-13H2,1-3H3,(H,25,26)(H,27,29). The maximum absolute atomic E-state index is 13.1. The molecule has 0 saturated heterocycles. The Balaban J connectivity index is 1.50. The minimum absolute atomic E-state index is 0.00556. The van der Waals surface area contributed by atoms with Gasteiger partial charge in [0, 0.05) is 24.7 Å². The summed E-state index contributed by atoms with van der Waals surface area (Å²) in [5.41, 5.74) is 6.55. The van der Waals surface area contributed by atoms with Gasteiger partial charge in [-0.25, -0.2) is 9.78 Å². The molecule has 3 aromatic rings. The van der Waals surface area contributed by atoms with Crippen molar-refractivity contribution in [3.63, 3.8) is 0 Å². The number of anilines is 1. The summed E-state index contributed by atoms with van der Waals surface area (Å²) in [6, 6.07) is 12.5. The number of H-pyrrole nitrogens is 1. The molecule has 0 unspecified atom stereocenters. The van der Waals surface area contributed by atoms with E-state index in [2.05, 4.69) is 36.3 Å². The van der Waals surface area contributed by atoms with Crippen molar-refractivity contribution in [2.75, 3.05) is 11.9 Å². The highest BCUT2D eigenvalue weighted by molar-refractivity contribution is 5.90. The number of amides is 2. The van der Waals surface area contributed by atoms with Crippen LogP contribution in [0.4, 0.5) is 10.5 Å². The molecule has 2 aromatic carbocycles. The summed E-state index contributed by atoms with van der Waals surface area (Å²) < 4.78 is 0. The molecule has 152 valence electrons. The van der Waals surface area contributed by atoms with Gasteiger partial charge in [-0.15, -0.1) is 0 Å². The van der Waals surface area contributed by atoms with Gasteiger partial charge in [-0.2, -0.15) is 0 Å². The van der Waals surface area contributed by atoms with E-state index in [1.165, 1.54) is 24.0 Å². The molecule has 2 amide bonds. The Bertz CT molecular complexity index is 978. The highest BCUT2D eigenvalue weighted by Crippen LogP contribution is 2.25. The van der Waals surface area contributed by atoms with Crippen molar-refractivity contribution in [2.24, 2.45) is 0 Å².